The van der Waals surface area contributed by atoms with Crippen molar-refractivity contribution < 1.29 is 15.3 Å². The van der Waals surface area contributed by atoms with Crippen molar-refractivity contribution in [2.45, 2.75) is 116 Å². The SMILES string of the molecule is CCCCCCCC/C=C\CCCCCCCCCC(O)CN(CCO)CCO. The zero-order chi connectivity index (χ0) is 21.4. The highest BCUT2D eigenvalue weighted by Gasteiger charge is 2.10. The van der Waals surface area contributed by atoms with Gasteiger partial charge in [-0.25, -0.2) is 0 Å². The zero-order valence-corrected chi connectivity index (χ0v) is 19.4. The number of allylic oxidation sites excluding steroid dienone is 2. The Hall–Kier alpha value is -0.420. The van der Waals surface area contributed by atoms with Crippen LogP contribution in [-0.2, 0) is 0 Å². The molecule has 1 unspecified atom stereocenters. The first kappa shape index (κ1) is 28.6. The Kier molecular flexibility index (Phi) is 23.5. The first-order chi connectivity index (χ1) is 14.2. The van der Waals surface area contributed by atoms with Crippen molar-refractivity contribution in [1.29, 1.82) is 0 Å². The Morgan fingerprint density at radius 2 is 1.10 bits per heavy atom. The average molecular weight is 414 g/mol. The molecule has 0 bridgehead atoms. The second-order valence-electron chi connectivity index (χ2n) is 8.48. The molecule has 0 aliphatic rings. The van der Waals surface area contributed by atoms with E-state index in [1.54, 1.807) is 0 Å². The van der Waals surface area contributed by atoms with Crippen LogP contribution in [0.15, 0.2) is 12.2 Å². The van der Waals surface area contributed by atoms with Crippen LogP contribution in [0.25, 0.3) is 0 Å². The summed E-state index contributed by atoms with van der Waals surface area (Å²) in [5.41, 5.74) is 0. The number of nitrogens with zero attached hydrogens (tertiary/aromatic N) is 1. The molecule has 29 heavy (non-hydrogen) atoms. The van der Waals surface area contributed by atoms with Gasteiger partial charge in [-0.1, -0.05) is 89.7 Å². The van der Waals surface area contributed by atoms with E-state index >= 15 is 0 Å². The molecule has 0 heterocycles. The highest BCUT2D eigenvalue weighted by molar-refractivity contribution is 4.81. The molecular weight excluding hydrogens is 362 g/mol. The van der Waals surface area contributed by atoms with E-state index in [1.807, 2.05) is 4.90 Å². The van der Waals surface area contributed by atoms with E-state index in [4.69, 9.17) is 10.2 Å². The van der Waals surface area contributed by atoms with Crippen LogP contribution < -0.4 is 0 Å². The molecule has 0 spiro atoms. The molecule has 3 N–H and O–H groups in total. The summed E-state index contributed by atoms with van der Waals surface area (Å²) in [6.45, 7) is 4.00. The van der Waals surface area contributed by atoms with Gasteiger partial charge in [-0.2, -0.15) is 0 Å². The quantitative estimate of drug-likeness (QED) is 0.154. The normalized spacial score (nSPS) is 13.0. The smallest absolute Gasteiger partial charge is 0.0667 e. The van der Waals surface area contributed by atoms with E-state index in [0.29, 0.717) is 19.6 Å². The lowest BCUT2D eigenvalue weighted by Gasteiger charge is -2.23. The van der Waals surface area contributed by atoms with E-state index in [0.717, 1.165) is 12.8 Å². The van der Waals surface area contributed by atoms with Crippen LogP contribution in [0.5, 0.6) is 0 Å². The summed E-state index contributed by atoms with van der Waals surface area (Å²) in [4.78, 5) is 1.92. The Labute approximate surface area is 181 Å². The number of rotatable bonds is 23. The highest BCUT2D eigenvalue weighted by atomic mass is 16.3. The number of aliphatic hydroxyl groups excluding tert-OH is 3. The minimum absolute atomic E-state index is 0.0711. The Morgan fingerprint density at radius 3 is 1.59 bits per heavy atom. The van der Waals surface area contributed by atoms with Crippen molar-refractivity contribution in [3.05, 3.63) is 12.2 Å². The topological polar surface area (TPSA) is 63.9 Å². The molecule has 174 valence electrons. The van der Waals surface area contributed by atoms with Crippen LogP contribution in [0.4, 0.5) is 0 Å². The summed E-state index contributed by atoms with van der Waals surface area (Å²) >= 11 is 0. The molecule has 0 aliphatic heterocycles. The van der Waals surface area contributed by atoms with Gasteiger partial charge in [0.2, 0.25) is 0 Å². The van der Waals surface area contributed by atoms with E-state index in [2.05, 4.69) is 19.1 Å². The summed E-state index contributed by atoms with van der Waals surface area (Å²) in [6, 6.07) is 0. The lowest BCUT2D eigenvalue weighted by atomic mass is 10.0. The van der Waals surface area contributed by atoms with Gasteiger partial charge in [0.15, 0.2) is 0 Å². The summed E-state index contributed by atoms with van der Waals surface area (Å²) in [6.07, 6.45) is 24.8. The van der Waals surface area contributed by atoms with Crippen LogP contribution >= 0.6 is 0 Å². The predicted molar refractivity (Wildman–Crippen MR) is 125 cm³/mol. The third kappa shape index (κ3) is 22.1. The van der Waals surface area contributed by atoms with E-state index in [1.165, 1.54) is 89.9 Å². The van der Waals surface area contributed by atoms with E-state index in [-0.39, 0.29) is 19.3 Å². The van der Waals surface area contributed by atoms with Gasteiger partial charge in [0.05, 0.1) is 19.3 Å². The summed E-state index contributed by atoms with van der Waals surface area (Å²) in [5, 5.41) is 28.1. The minimum atomic E-state index is -0.351. The van der Waals surface area contributed by atoms with Gasteiger partial charge in [0.1, 0.15) is 0 Å². The molecule has 0 rings (SSSR count). The number of hydrogen-bond acceptors (Lipinski definition) is 4. The van der Waals surface area contributed by atoms with Crippen LogP contribution in [0.2, 0.25) is 0 Å². The third-order valence-corrected chi connectivity index (χ3v) is 5.60. The van der Waals surface area contributed by atoms with Gasteiger partial charge in [-0.3, -0.25) is 4.90 Å². The number of unbranched alkanes of at least 4 members (excludes halogenated alkanes) is 13. The second kappa shape index (κ2) is 23.9. The maximum absolute atomic E-state index is 10.1. The molecule has 0 amide bonds. The van der Waals surface area contributed by atoms with Crippen LogP contribution in [-0.4, -0.2) is 59.2 Å². The molecule has 0 fully saturated rings. The fourth-order valence-corrected chi connectivity index (χ4v) is 3.77. The number of aliphatic hydroxyl groups is 3. The van der Waals surface area contributed by atoms with Crippen molar-refractivity contribution in [1.82, 2.24) is 4.90 Å². The predicted octanol–water partition coefficient (Wildman–Crippen LogP) is 5.45. The van der Waals surface area contributed by atoms with Crippen LogP contribution in [0.1, 0.15) is 110 Å². The maximum atomic E-state index is 10.1. The van der Waals surface area contributed by atoms with Crippen molar-refractivity contribution in [3.63, 3.8) is 0 Å². The highest BCUT2D eigenvalue weighted by Crippen LogP contribution is 2.12. The Balaban J connectivity index is 3.33. The molecule has 0 aromatic heterocycles. The van der Waals surface area contributed by atoms with Gasteiger partial charge in [-0.05, 0) is 32.1 Å². The zero-order valence-electron chi connectivity index (χ0n) is 19.4. The maximum Gasteiger partial charge on any atom is 0.0667 e. The third-order valence-electron chi connectivity index (χ3n) is 5.60. The van der Waals surface area contributed by atoms with E-state index < -0.39 is 0 Å². The average Bonchev–Trinajstić information content (AvgIpc) is 2.70. The molecule has 1 atom stereocenters. The van der Waals surface area contributed by atoms with Gasteiger partial charge >= 0.3 is 0 Å². The molecule has 0 aliphatic carbocycles. The van der Waals surface area contributed by atoms with E-state index in [9.17, 15) is 5.11 Å². The Morgan fingerprint density at radius 1 is 0.655 bits per heavy atom. The van der Waals surface area contributed by atoms with Crippen molar-refractivity contribution >= 4 is 0 Å². The molecule has 4 heteroatoms. The molecule has 4 nitrogen and oxygen atoms in total. The Bertz CT molecular complexity index is 330. The van der Waals surface area contributed by atoms with Crippen LogP contribution in [0.3, 0.4) is 0 Å². The fourth-order valence-electron chi connectivity index (χ4n) is 3.77. The number of hydrogen-bond donors (Lipinski definition) is 3. The van der Waals surface area contributed by atoms with Gasteiger partial charge in [0.25, 0.3) is 0 Å². The summed E-state index contributed by atoms with van der Waals surface area (Å²) in [5.74, 6) is 0. The molecule has 0 radical (unpaired) electrons. The monoisotopic (exact) mass is 413 g/mol. The molecular formula is C25H51NO3. The van der Waals surface area contributed by atoms with Crippen molar-refractivity contribution in [2.75, 3.05) is 32.8 Å². The second-order valence-corrected chi connectivity index (χ2v) is 8.48. The standard InChI is InChI=1S/C25H51NO3/c1-2-3-4-5-6-7-8-9-10-11-12-13-14-15-16-17-18-19-25(29)24-26(20-22-27)21-23-28/h9-10,25,27-29H,2-8,11-24H2,1H3/b10-9-. The van der Waals surface area contributed by atoms with Crippen molar-refractivity contribution in [2.24, 2.45) is 0 Å². The largest absolute Gasteiger partial charge is 0.395 e. The molecule has 0 saturated carbocycles. The van der Waals surface area contributed by atoms with Crippen molar-refractivity contribution in [3.8, 4) is 0 Å². The molecule has 0 aromatic carbocycles. The molecule has 0 aromatic rings. The molecule has 0 saturated heterocycles. The lowest BCUT2D eigenvalue weighted by Crippen LogP contribution is -2.36. The lowest BCUT2D eigenvalue weighted by molar-refractivity contribution is 0.0809. The first-order valence-electron chi connectivity index (χ1n) is 12.5. The van der Waals surface area contributed by atoms with Crippen LogP contribution in [0, 0.1) is 0 Å². The van der Waals surface area contributed by atoms with Gasteiger partial charge in [0, 0.05) is 19.6 Å². The summed E-state index contributed by atoms with van der Waals surface area (Å²) < 4.78 is 0. The summed E-state index contributed by atoms with van der Waals surface area (Å²) in [7, 11) is 0. The van der Waals surface area contributed by atoms with Gasteiger partial charge < -0.3 is 15.3 Å². The first-order valence-corrected chi connectivity index (χ1v) is 12.5. The fraction of sp³-hybridized carbons (Fsp3) is 0.920. The minimum Gasteiger partial charge on any atom is -0.395 e. The van der Waals surface area contributed by atoms with Gasteiger partial charge in [-0.15, -0.1) is 0 Å².